The zero-order valence-corrected chi connectivity index (χ0v) is 17.9. The first-order chi connectivity index (χ1) is 14.5. The molecular weight excluding hydrogens is 384 g/mol. The third kappa shape index (κ3) is 4.34. The first-order valence-electron chi connectivity index (χ1n) is 10.1. The highest BCUT2D eigenvalue weighted by atomic mass is 16.5. The van der Waals surface area contributed by atoms with Crippen LogP contribution < -0.4 is 9.80 Å². The van der Waals surface area contributed by atoms with Gasteiger partial charge in [0.1, 0.15) is 0 Å². The van der Waals surface area contributed by atoms with Gasteiger partial charge in [-0.2, -0.15) is 15.1 Å². The topological polar surface area (TPSA) is 94.3 Å². The third-order valence-electron chi connectivity index (χ3n) is 5.32. The van der Waals surface area contributed by atoms with Gasteiger partial charge in [-0.15, -0.1) is 0 Å². The Morgan fingerprint density at radius 3 is 2.33 bits per heavy atom. The molecule has 160 valence electrons. The summed E-state index contributed by atoms with van der Waals surface area (Å²) in [6, 6.07) is 1.89. The lowest BCUT2D eigenvalue weighted by atomic mass is 10.1. The summed E-state index contributed by atoms with van der Waals surface area (Å²) in [4.78, 5) is 23.2. The van der Waals surface area contributed by atoms with Gasteiger partial charge in [-0.1, -0.05) is 0 Å². The van der Waals surface area contributed by atoms with E-state index in [2.05, 4.69) is 24.9 Å². The van der Waals surface area contributed by atoms with Crippen molar-refractivity contribution in [2.24, 2.45) is 7.05 Å². The van der Waals surface area contributed by atoms with Crippen molar-refractivity contribution in [3.63, 3.8) is 0 Å². The van der Waals surface area contributed by atoms with Gasteiger partial charge in [0, 0.05) is 52.7 Å². The molecule has 30 heavy (non-hydrogen) atoms. The molecule has 0 aromatic carbocycles. The van der Waals surface area contributed by atoms with Crippen LogP contribution in [-0.2, 0) is 16.5 Å². The Morgan fingerprint density at radius 2 is 1.73 bits per heavy atom. The summed E-state index contributed by atoms with van der Waals surface area (Å²) in [5, 5.41) is 3.83. The van der Waals surface area contributed by atoms with Gasteiger partial charge in [0.25, 0.3) is 0 Å². The molecule has 0 unspecified atom stereocenters. The normalized spacial score (nSPS) is 16.9. The first-order valence-corrected chi connectivity index (χ1v) is 10.1. The molecule has 5 rings (SSSR count). The van der Waals surface area contributed by atoms with Crippen LogP contribution in [0.3, 0.4) is 0 Å². The van der Waals surface area contributed by atoms with Gasteiger partial charge in [-0.25, -0.2) is 9.97 Å². The van der Waals surface area contributed by atoms with E-state index in [-0.39, 0.29) is 6.10 Å². The van der Waals surface area contributed by atoms with Crippen LogP contribution >= 0.6 is 0 Å². The second-order valence-electron chi connectivity index (χ2n) is 7.46. The fourth-order valence-electron chi connectivity index (χ4n) is 3.32. The standard InChI is InChI=1S/C16H22N6O2.C4H6N2/c1-10-11(2)18-14-13(17-10)15(22-8-12(9-22)23-3)20-16(19-14)21-4-6-24-7-5-21;1-6-4-2-3-5-6/h12H,4-9H2,1-3H3;2-4H,1H3. The molecule has 10 nitrogen and oxygen atoms in total. The van der Waals surface area contributed by atoms with E-state index >= 15 is 0 Å². The Bertz CT molecular complexity index is 982. The number of rotatable bonds is 3. The molecule has 0 saturated carbocycles. The zero-order valence-electron chi connectivity index (χ0n) is 17.9. The van der Waals surface area contributed by atoms with E-state index in [9.17, 15) is 0 Å². The van der Waals surface area contributed by atoms with E-state index in [1.54, 1.807) is 18.0 Å². The van der Waals surface area contributed by atoms with Crippen LogP contribution in [0.25, 0.3) is 11.2 Å². The van der Waals surface area contributed by atoms with Crippen molar-refractivity contribution in [1.82, 2.24) is 29.7 Å². The van der Waals surface area contributed by atoms with Crippen molar-refractivity contribution in [3.8, 4) is 0 Å². The number of morpholine rings is 1. The van der Waals surface area contributed by atoms with Crippen LogP contribution in [-0.4, -0.2) is 82.3 Å². The van der Waals surface area contributed by atoms with Gasteiger partial charge in [0.15, 0.2) is 17.0 Å². The molecule has 2 saturated heterocycles. The van der Waals surface area contributed by atoms with Crippen molar-refractivity contribution >= 4 is 22.9 Å². The molecular formula is C20H28N8O2. The minimum Gasteiger partial charge on any atom is -0.378 e. The Labute approximate surface area is 175 Å². The number of hydrogen-bond donors (Lipinski definition) is 0. The number of aryl methyl sites for hydroxylation is 3. The molecule has 2 aliphatic heterocycles. The fourth-order valence-corrected chi connectivity index (χ4v) is 3.32. The first kappa shape index (κ1) is 20.4. The number of methoxy groups -OCH3 is 1. The van der Waals surface area contributed by atoms with Gasteiger partial charge < -0.3 is 19.3 Å². The molecule has 3 aromatic rings. The number of aromatic nitrogens is 6. The number of ether oxygens (including phenoxy) is 2. The largest absolute Gasteiger partial charge is 0.378 e. The van der Waals surface area contributed by atoms with Gasteiger partial charge in [-0.05, 0) is 19.9 Å². The number of hydrogen-bond acceptors (Lipinski definition) is 9. The van der Waals surface area contributed by atoms with Crippen LogP contribution in [0, 0.1) is 13.8 Å². The predicted octanol–water partition coefficient (Wildman–Crippen LogP) is 1.13. The summed E-state index contributed by atoms with van der Waals surface area (Å²) < 4.78 is 12.6. The third-order valence-corrected chi connectivity index (χ3v) is 5.32. The van der Waals surface area contributed by atoms with E-state index in [0.717, 1.165) is 48.9 Å². The quantitative estimate of drug-likeness (QED) is 0.627. The van der Waals surface area contributed by atoms with Crippen molar-refractivity contribution < 1.29 is 9.47 Å². The van der Waals surface area contributed by atoms with Crippen molar-refractivity contribution in [3.05, 3.63) is 29.8 Å². The van der Waals surface area contributed by atoms with Gasteiger partial charge >= 0.3 is 0 Å². The highest BCUT2D eigenvalue weighted by molar-refractivity contribution is 5.85. The molecule has 3 aromatic heterocycles. The van der Waals surface area contributed by atoms with Gasteiger partial charge in [-0.3, -0.25) is 4.68 Å². The molecule has 0 radical (unpaired) electrons. The second kappa shape index (κ2) is 8.88. The lowest BCUT2D eigenvalue weighted by Gasteiger charge is -2.39. The number of fused-ring (bicyclic) bond motifs is 1. The molecule has 0 spiro atoms. The Hall–Kier alpha value is -2.85. The van der Waals surface area contributed by atoms with Gasteiger partial charge in [0.05, 0.1) is 30.7 Å². The average Bonchev–Trinajstić information content (AvgIpc) is 3.20. The average molecular weight is 412 g/mol. The zero-order chi connectivity index (χ0) is 21.1. The summed E-state index contributed by atoms with van der Waals surface area (Å²) in [6.45, 7) is 8.56. The smallest absolute Gasteiger partial charge is 0.229 e. The maximum absolute atomic E-state index is 5.43. The lowest BCUT2D eigenvalue weighted by molar-refractivity contribution is 0.0784. The summed E-state index contributed by atoms with van der Waals surface area (Å²) >= 11 is 0. The monoisotopic (exact) mass is 412 g/mol. The highest BCUT2D eigenvalue weighted by Gasteiger charge is 2.31. The van der Waals surface area contributed by atoms with Crippen molar-refractivity contribution in [2.75, 3.05) is 56.3 Å². The molecule has 0 bridgehead atoms. The fraction of sp³-hybridized carbons (Fsp3) is 0.550. The minimum absolute atomic E-state index is 0.251. The number of nitrogens with zero attached hydrogens (tertiary/aromatic N) is 8. The van der Waals surface area contributed by atoms with E-state index in [4.69, 9.17) is 19.4 Å². The Balaban J connectivity index is 0.000000313. The lowest BCUT2D eigenvalue weighted by Crippen LogP contribution is -2.52. The second-order valence-corrected chi connectivity index (χ2v) is 7.46. The van der Waals surface area contributed by atoms with Crippen LogP contribution in [0.4, 0.5) is 11.8 Å². The van der Waals surface area contributed by atoms with Crippen molar-refractivity contribution in [2.45, 2.75) is 20.0 Å². The van der Waals surface area contributed by atoms with Crippen LogP contribution in [0.15, 0.2) is 18.5 Å². The summed E-state index contributed by atoms with van der Waals surface area (Å²) in [7, 11) is 3.63. The van der Waals surface area contributed by atoms with Gasteiger partial charge in [0.2, 0.25) is 5.95 Å². The molecule has 0 amide bonds. The van der Waals surface area contributed by atoms with E-state index in [0.29, 0.717) is 24.8 Å². The molecule has 10 heteroatoms. The van der Waals surface area contributed by atoms with Crippen LogP contribution in [0.2, 0.25) is 0 Å². The summed E-state index contributed by atoms with van der Waals surface area (Å²) in [5.74, 6) is 1.56. The molecule has 0 aliphatic carbocycles. The molecule has 0 atom stereocenters. The summed E-state index contributed by atoms with van der Waals surface area (Å²) in [5.41, 5.74) is 3.24. The SMILES string of the molecule is COC1CN(c2nc(N3CCOCC3)nc3nc(C)c(C)nc23)C1.Cn1cccn1. The molecule has 2 aliphatic rings. The molecule has 5 heterocycles. The highest BCUT2D eigenvalue weighted by Crippen LogP contribution is 2.29. The maximum atomic E-state index is 5.43. The van der Waals surface area contributed by atoms with Crippen molar-refractivity contribution in [1.29, 1.82) is 0 Å². The predicted molar refractivity (Wildman–Crippen MR) is 114 cm³/mol. The molecule has 0 N–H and O–H groups in total. The van der Waals surface area contributed by atoms with Crippen LogP contribution in [0.1, 0.15) is 11.4 Å². The summed E-state index contributed by atoms with van der Waals surface area (Å²) in [6.07, 6.45) is 3.89. The van der Waals surface area contributed by atoms with E-state index < -0.39 is 0 Å². The van der Waals surface area contributed by atoms with Crippen LogP contribution in [0.5, 0.6) is 0 Å². The van der Waals surface area contributed by atoms with E-state index in [1.165, 1.54) is 0 Å². The number of anilines is 2. The Kier molecular flexibility index (Phi) is 6.05. The minimum atomic E-state index is 0.251. The Morgan fingerprint density at radius 1 is 1.00 bits per heavy atom. The maximum Gasteiger partial charge on any atom is 0.229 e. The molecule has 2 fully saturated rings. The van der Waals surface area contributed by atoms with E-state index in [1.807, 2.05) is 33.2 Å².